The summed E-state index contributed by atoms with van der Waals surface area (Å²) in [4.78, 5) is 6.58. The molecule has 1 aliphatic rings. The minimum atomic E-state index is 0.185. The van der Waals surface area contributed by atoms with Crippen molar-refractivity contribution in [2.45, 2.75) is 6.04 Å². The maximum Gasteiger partial charge on any atom is 0.0604 e. The zero-order valence-electron chi connectivity index (χ0n) is 11.6. The molecule has 1 saturated heterocycles. The number of nitrogens with one attached hydrogen (secondary N) is 1. The van der Waals surface area contributed by atoms with Gasteiger partial charge in [-0.15, -0.1) is 0 Å². The van der Waals surface area contributed by atoms with Gasteiger partial charge in [-0.05, 0) is 35.4 Å². The number of aromatic nitrogens is 1. The summed E-state index contributed by atoms with van der Waals surface area (Å²) in [5.41, 5.74) is 2.39. The molecular weight excluding hydrogens is 305 g/mol. The maximum absolute atomic E-state index is 6.21. The van der Waals surface area contributed by atoms with Crippen LogP contribution in [0.15, 0.2) is 42.7 Å². The van der Waals surface area contributed by atoms with Gasteiger partial charge in [0.15, 0.2) is 0 Å². The molecule has 21 heavy (non-hydrogen) atoms. The Morgan fingerprint density at radius 2 is 1.67 bits per heavy atom. The van der Waals surface area contributed by atoms with Crippen molar-refractivity contribution in [3.05, 3.63) is 63.9 Å². The second-order valence-electron chi connectivity index (χ2n) is 5.14. The van der Waals surface area contributed by atoms with Gasteiger partial charge in [-0.2, -0.15) is 0 Å². The van der Waals surface area contributed by atoms with Gasteiger partial charge in [0, 0.05) is 38.6 Å². The Balaban J connectivity index is 2.00. The Bertz CT molecular complexity index is 598. The highest BCUT2D eigenvalue weighted by Gasteiger charge is 2.24. The van der Waals surface area contributed by atoms with Crippen LogP contribution in [0.1, 0.15) is 17.2 Å². The highest BCUT2D eigenvalue weighted by atomic mass is 35.5. The molecule has 0 spiro atoms. The van der Waals surface area contributed by atoms with Crippen LogP contribution in [-0.4, -0.2) is 36.1 Å². The molecule has 1 unspecified atom stereocenters. The summed E-state index contributed by atoms with van der Waals surface area (Å²) >= 11 is 12.3. The minimum Gasteiger partial charge on any atom is -0.314 e. The summed E-state index contributed by atoms with van der Waals surface area (Å²) in [5.74, 6) is 0. The highest BCUT2D eigenvalue weighted by molar-refractivity contribution is 6.42. The van der Waals surface area contributed by atoms with Crippen LogP contribution < -0.4 is 5.32 Å². The Hall–Kier alpha value is -1.13. The van der Waals surface area contributed by atoms with Crippen molar-refractivity contribution in [3.63, 3.8) is 0 Å². The topological polar surface area (TPSA) is 28.2 Å². The lowest BCUT2D eigenvalue weighted by atomic mass is 9.97. The lowest BCUT2D eigenvalue weighted by Gasteiger charge is -2.35. The van der Waals surface area contributed by atoms with Crippen molar-refractivity contribution >= 4 is 23.2 Å². The van der Waals surface area contributed by atoms with E-state index in [2.05, 4.69) is 33.4 Å². The van der Waals surface area contributed by atoms with E-state index in [1.54, 1.807) is 0 Å². The molecule has 1 aromatic heterocycles. The molecule has 1 atom stereocenters. The summed E-state index contributed by atoms with van der Waals surface area (Å²) in [6.45, 7) is 4.02. The van der Waals surface area contributed by atoms with E-state index in [-0.39, 0.29) is 6.04 Å². The molecule has 0 saturated carbocycles. The van der Waals surface area contributed by atoms with Gasteiger partial charge >= 0.3 is 0 Å². The van der Waals surface area contributed by atoms with E-state index in [0.29, 0.717) is 10.0 Å². The van der Waals surface area contributed by atoms with E-state index in [1.165, 1.54) is 5.56 Å². The zero-order chi connectivity index (χ0) is 14.7. The molecule has 2 heterocycles. The fraction of sp³-hybridized carbons (Fsp3) is 0.312. The minimum absolute atomic E-state index is 0.185. The fourth-order valence-electron chi connectivity index (χ4n) is 2.78. The van der Waals surface area contributed by atoms with Gasteiger partial charge < -0.3 is 5.32 Å². The van der Waals surface area contributed by atoms with Crippen LogP contribution in [0.4, 0.5) is 0 Å². The van der Waals surface area contributed by atoms with E-state index in [9.17, 15) is 0 Å². The van der Waals surface area contributed by atoms with Gasteiger partial charge in [-0.25, -0.2) is 0 Å². The van der Waals surface area contributed by atoms with Gasteiger partial charge in [0.2, 0.25) is 0 Å². The number of hydrogen-bond donors (Lipinski definition) is 1. The SMILES string of the molecule is Clc1ccc(C(c2ccncc2)N2CCNCC2)cc1Cl. The largest absolute Gasteiger partial charge is 0.314 e. The van der Waals surface area contributed by atoms with Crippen LogP contribution in [0.25, 0.3) is 0 Å². The normalized spacial score (nSPS) is 17.6. The molecule has 0 amide bonds. The molecule has 110 valence electrons. The standard InChI is InChI=1S/C16H17Cl2N3/c17-14-2-1-13(11-15(14)18)16(12-3-5-19-6-4-12)21-9-7-20-8-10-21/h1-6,11,16,20H,7-10H2. The molecule has 2 aromatic rings. The van der Waals surface area contributed by atoms with Crippen LogP contribution >= 0.6 is 23.2 Å². The van der Waals surface area contributed by atoms with E-state index in [0.717, 1.165) is 31.7 Å². The van der Waals surface area contributed by atoms with Crippen LogP contribution in [0.5, 0.6) is 0 Å². The molecule has 3 rings (SSSR count). The molecule has 1 aliphatic heterocycles. The number of hydrogen-bond acceptors (Lipinski definition) is 3. The monoisotopic (exact) mass is 321 g/mol. The predicted octanol–water partition coefficient (Wildman–Crippen LogP) is 3.38. The first-order valence-corrected chi connectivity index (χ1v) is 7.81. The van der Waals surface area contributed by atoms with Gasteiger partial charge in [-0.1, -0.05) is 29.3 Å². The van der Waals surface area contributed by atoms with Crippen molar-refractivity contribution in [1.82, 2.24) is 15.2 Å². The maximum atomic E-state index is 6.21. The van der Waals surface area contributed by atoms with E-state index in [4.69, 9.17) is 23.2 Å². The third-order valence-corrected chi connectivity index (χ3v) is 4.54. The first-order valence-electron chi connectivity index (χ1n) is 7.05. The summed E-state index contributed by atoms with van der Waals surface area (Å²) in [6.07, 6.45) is 3.67. The molecule has 3 nitrogen and oxygen atoms in total. The third-order valence-electron chi connectivity index (χ3n) is 3.80. The number of halogens is 2. The molecule has 0 aliphatic carbocycles. The second-order valence-corrected chi connectivity index (χ2v) is 5.96. The predicted molar refractivity (Wildman–Crippen MR) is 87.0 cm³/mol. The Morgan fingerprint density at radius 1 is 0.952 bits per heavy atom. The van der Waals surface area contributed by atoms with E-state index >= 15 is 0 Å². The average molecular weight is 322 g/mol. The lowest BCUT2D eigenvalue weighted by Crippen LogP contribution is -2.45. The van der Waals surface area contributed by atoms with Crippen molar-refractivity contribution in [1.29, 1.82) is 0 Å². The third kappa shape index (κ3) is 3.38. The Kier molecular flexibility index (Phi) is 4.76. The van der Waals surface area contributed by atoms with Crippen LogP contribution in [0.2, 0.25) is 10.0 Å². The van der Waals surface area contributed by atoms with E-state index < -0.39 is 0 Å². The summed E-state index contributed by atoms with van der Waals surface area (Å²) in [5, 5.41) is 4.58. The van der Waals surface area contributed by atoms with Crippen molar-refractivity contribution in [2.24, 2.45) is 0 Å². The second kappa shape index (κ2) is 6.75. The molecule has 5 heteroatoms. The fourth-order valence-corrected chi connectivity index (χ4v) is 3.09. The highest BCUT2D eigenvalue weighted by Crippen LogP contribution is 2.32. The summed E-state index contributed by atoms with van der Waals surface area (Å²) < 4.78 is 0. The molecular formula is C16H17Cl2N3. The first kappa shape index (κ1) is 14.8. The Labute approximate surface area is 134 Å². The quantitative estimate of drug-likeness (QED) is 0.939. The summed E-state index contributed by atoms with van der Waals surface area (Å²) in [7, 11) is 0. The van der Waals surface area contributed by atoms with Crippen molar-refractivity contribution in [3.8, 4) is 0 Å². The lowest BCUT2D eigenvalue weighted by molar-refractivity contribution is 0.198. The van der Waals surface area contributed by atoms with E-state index in [1.807, 2.05) is 24.5 Å². The smallest absolute Gasteiger partial charge is 0.0604 e. The number of benzene rings is 1. The molecule has 0 bridgehead atoms. The summed E-state index contributed by atoms with van der Waals surface area (Å²) in [6, 6.07) is 10.2. The average Bonchev–Trinajstić information content (AvgIpc) is 2.53. The molecule has 1 aromatic carbocycles. The number of piperazine rings is 1. The van der Waals surface area contributed by atoms with Crippen molar-refractivity contribution in [2.75, 3.05) is 26.2 Å². The van der Waals surface area contributed by atoms with Crippen LogP contribution in [0.3, 0.4) is 0 Å². The molecule has 0 radical (unpaired) electrons. The van der Waals surface area contributed by atoms with Crippen molar-refractivity contribution < 1.29 is 0 Å². The number of rotatable bonds is 3. The van der Waals surface area contributed by atoms with Gasteiger partial charge in [-0.3, -0.25) is 9.88 Å². The molecule has 1 fully saturated rings. The zero-order valence-corrected chi connectivity index (χ0v) is 13.1. The van der Waals surface area contributed by atoms with Gasteiger partial charge in [0.1, 0.15) is 0 Å². The molecule has 1 N–H and O–H groups in total. The van der Waals surface area contributed by atoms with Crippen LogP contribution in [-0.2, 0) is 0 Å². The first-order chi connectivity index (χ1) is 10.3. The Morgan fingerprint density at radius 3 is 2.33 bits per heavy atom. The van der Waals surface area contributed by atoms with Gasteiger partial charge in [0.25, 0.3) is 0 Å². The number of nitrogens with zero attached hydrogens (tertiary/aromatic N) is 2. The number of pyridine rings is 1. The van der Waals surface area contributed by atoms with Gasteiger partial charge in [0.05, 0.1) is 16.1 Å². The van der Waals surface area contributed by atoms with Crippen LogP contribution in [0, 0.1) is 0 Å².